The molecule has 3 unspecified atom stereocenters. The van der Waals surface area contributed by atoms with E-state index in [1.165, 1.54) is 12.8 Å². The van der Waals surface area contributed by atoms with Gasteiger partial charge >= 0.3 is 0 Å². The fourth-order valence-corrected chi connectivity index (χ4v) is 2.30. The second-order valence-electron chi connectivity index (χ2n) is 5.11. The van der Waals surface area contributed by atoms with Gasteiger partial charge < -0.3 is 15.4 Å². The fourth-order valence-electron chi connectivity index (χ4n) is 2.30. The molecule has 3 atom stereocenters. The van der Waals surface area contributed by atoms with Crippen LogP contribution in [-0.2, 0) is 9.53 Å². The molecule has 92 valence electrons. The highest BCUT2D eigenvalue weighted by Gasteiger charge is 2.31. The van der Waals surface area contributed by atoms with Crippen molar-refractivity contribution in [1.82, 2.24) is 10.6 Å². The summed E-state index contributed by atoms with van der Waals surface area (Å²) in [7, 11) is 1.70. The lowest BCUT2D eigenvalue weighted by atomic mass is 10.1. The van der Waals surface area contributed by atoms with Crippen LogP contribution >= 0.6 is 0 Å². The Morgan fingerprint density at radius 3 is 2.88 bits per heavy atom. The summed E-state index contributed by atoms with van der Waals surface area (Å²) < 4.78 is 5.22. The maximum Gasteiger partial charge on any atom is 0.237 e. The van der Waals surface area contributed by atoms with Gasteiger partial charge in [-0.05, 0) is 31.1 Å². The van der Waals surface area contributed by atoms with E-state index in [4.69, 9.17) is 4.74 Å². The van der Waals surface area contributed by atoms with Gasteiger partial charge in [0.05, 0.1) is 12.1 Å². The number of hydrogen-bond acceptors (Lipinski definition) is 3. The Morgan fingerprint density at radius 2 is 2.31 bits per heavy atom. The molecule has 2 rings (SSSR count). The predicted octanol–water partition coefficient (Wildman–Crippen LogP) is 0.526. The van der Waals surface area contributed by atoms with Crippen molar-refractivity contribution < 1.29 is 9.53 Å². The third kappa shape index (κ3) is 2.95. The first-order chi connectivity index (χ1) is 7.70. The number of ether oxygens (including phenoxy) is 1. The summed E-state index contributed by atoms with van der Waals surface area (Å²) in [5, 5.41) is 6.22. The molecule has 1 aliphatic carbocycles. The Hall–Kier alpha value is -0.610. The molecule has 2 N–H and O–H groups in total. The van der Waals surface area contributed by atoms with Crippen LogP contribution in [0.3, 0.4) is 0 Å². The molecule has 0 bridgehead atoms. The maximum absolute atomic E-state index is 11.8. The van der Waals surface area contributed by atoms with Gasteiger partial charge in [-0.15, -0.1) is 0 Å². The number of carbonyl (C=O) groups excluding carboxylic acids is 1. The first-order valence-corrected chi connectivity index (χ1v) is 6.24. The van der Waals surface area contributed by atoms with Crippen LogP contribution in [0.5, 0.6) is 0 Å². The highest BCUT2D eigenvalue weighted by molar-refractivity contribution is 5.82. The molecular formula is C12H22N2O2. The van der Waals surface area contributed by atoms with Gasteiger partial charge in [0.2, 0.25) is 5.91 Å². The zero-order valence-electron chi connectivity index (χ0n) is 10.2. The molecule has 2 fully saturated rings. The molecule has 2 aliphatic rings. The lowest BCUT2D eigenvalue weighted by Gasteiger charge is -2.14. The minimum atomic E-state index is -0.0589. The first kappa shape index (κ1) is 11.9. The summed E-state index contributed by atoms with van der Waals surface area (Å²) in [5.41, 5.74) is 0. The summed E-state index contributed by atoms with van der Waals surface area (Å²) in [4.78, 5) is 11.8. The summed E-state index contributed by atoms with van der Waals surface area (Å²) >= 11 is 0. The third-order valence-corrected chi connectivity index (χ3v) is 3.77. The number of rotatable bonds is 5. The van der Waals surface area contributed by atoms with Crippen LogP contribution in [-0.4, -0.2) is 38.3 Å². The van der Waals surface area contributed by atoms with E-state index in [-0.39, 0.29) is 18.1 Å². The zero-order chi connectivity index (χ0) is 11.5. The second kappa shape index (κ2) is 5.15. The lowest BCUT2D eigenvalue weighted by Crippen LogP contribution is -2.42. The minimum Gasteiger partial charge on any atom is -0.380 e. The number of amides is 1. The summed E-state index contributed by atoms with van der Waals surface area (Å²) in [5.74, 6) is 1.61. The number of methoxy groups -OCH3 is 1. The van der Waals surface area contributed by atoms with Crippen LogP contribution in [0, 0.1) is 11.8 Å². The molecule has 4 heteroatoms. The van der Waals surface area contributed by atoms with E-state index in [0.29, 0.717) is 5.92 Å². The van der Waals surface area contributed by atoms with Gasteiger partial charge in [0.15, 0.2) is 0 Å². The van der Waals surface area contributed by atoms with E-state index in [2.05, 4.69) is 17.6 Å². The van der Waals surface area contributed by atoms with Gasteiger partial charge in [-0.1, -0.05) is 6.92 Å². The zero-order valence-corrected chi connectivity index (χ0v) is 10.2. The molecule has 1 amide bonds. The molecule has 16 heavy (non-hydrogen) atoms. The predicted molar refractivity (Wildman–Crippen MR) is 62.1 cm³/mol. The van der Waals surface area contributed by atoms with Gasteiger partial charge in [0.25, 0.3) is 0 Å². The van der Waals surface area contributed by atoms with E-state index < -0.39 is 0 Å². The van der Waals surface area contributed by atoms with Crippen molar-refractivity contribution in [3.05, 3.63) is 0 Å². The monoisotopic (exact) mass is 226 g/mol. The van der Waals surface area contributed by atoms with E-state index in [1.807, 2.05) is 0 Å². The first-order valence-electron chi connectivity index (χ1n) is 6.24. The molecule has 1 saturated carbocycles. The topological polar surface area (TPSA) is 50.4 Å². The third-order valence-electron chi connectivity index (χ3n) is 3.77. The van der Waals surface area contributed by atoms with Crippen molar-refractivity contribution in [2.24, 2.45) is 11.8 Å². The second-order valence-corrected chi connectivity index (χ2v) is 5.11. The molecule has 0 aromatic heterocycles. The highest BCUT2D eigenvalue weighted by atomic mass is 16.5. The minimum absolute atomic E-state index is 0.0589. The highest BCUT2D eigenvalue weighted by Crippen LogP contribution is 2.36. The van der Waals surface area contributed by atoms with Crippen molar-refractivity contribution in [3.63, 3.8) is 0 Å². The van der Waals surface area contributed by atoms with Crippen LogP contribution < -0.4 is 10.6 Å². The average Bonchev–Trinajstić information content (AvgIpc) is 3.03. The van der Waals surface area contributed by atoms with Gasteiger partial charge in [-0.2, -0.15) is 0 Å². The Kier molecular flexibility index (Phi) is 3.82. The van der Waals surface area contributed by atoms with Crippen molar-refractivity contribution in [2.75, 3.05) is 20.2 Å². The van der Waals surface area contributed by atoms with Gasteiger partial charge in [-0.3, -0.25) is 4.79 Å². The molecule has 0 radical (unpaired) electrons. The van der Waals surface area contributed by atoms with E-state index in [1.54, 1.807) is 7.11 Å². The summed E-state index contributed by atoms with van der Waals surface area (Å²) in [6, 6.07) is -0.0589. The van der Waals surface area contributed by atoms with E-state index >= 15 is 0 Å². The van der Waals surface area contributed by atoms with Crippen molar-refractivity contribution in [3.8, 4) is 0 Å². The normalized spacial score (nSPS) is 31.4. The number of hydrogen-bond donors (Lipinski definition) is 2. The molecule has 0 spiro atoms. The molecule has 1 saturated heterocycles. The number of nitrogens with one attached hydrogen (secondary N) is 2. The average molecular weight is 226 g/mol. The molecule has 4 nitrogen and oxygen atoms in total. The van der Waals surface area contributed by atoms with Crippen LogP contribution in [0.4, 0.5) is 0 Å². The fraction of sp³-hybridized carbons (Fsp3) is 0.917. The van der Waals surface area contributed by atoms with Crippen LogP contribution in [0.25, 0.3) is 0 Å². The van der Waals surface area contributed by atoms with Crippen molar-refractivity contribution in [1.29, 1.82) is 0 Å². The lowest BCUT2D eigenvalue weighted by molar-refractivity contribution is -0.123. The molecule has 1 heterocycles. The quantitative estimate of drug-likeness (QED) is 0.719. The van der Waals surface area contributed by atoms with Crippen LogP contribution in [0.1, 0.15) is 26.2 Å². The van der Waals surface area contributed by atoms with E-state index in [9.17, 15) is 4.79 Å². The molecule has 0 aromatic carbocycles. The largest absolute Gasteiger partial charge is 0.380 e. The molecule has 1 aliphatic heterocycles. The summed E-state index contributed by atoms with van der Waals surface area (Å²) in [6.45, 7) is 3.82. The van der Waals surface area contributed by atoms with Gasteiger partial charge in [-0.25, -0.2) is 0 Å². The Labute approximate surface area is 97.1 Å². The molecule has 0 aromatic rings. The van der Waals surface area contributed by atoms with Crippen molar-refractivity contribution >= 4 is 5.91 Å². The Morgan fingerprint density at radius 1 is 1.56 bits per heavy atom. The van der Waals surface area contributed by atoms with Gasteiger partial charge in [0.1, 0.15) is 0 Å². The van der Waals surface area contributed by atoms with Crippen LogP contribution in [0.2, 0.25) is 0 Å². The maximum atomic E-state index is 11.8. The molecular weight excluding hydrogens is 204 g/mol. The number of carbonyl (C=O) groups is 1. The SMILES string of the molecule is COC1CNC(C(=O)NCC(C)C2CC2)C1. The summed E-state index contributed by atoms with van der Waals surface area (Å²) in [6.07, 6.45) is 3.66. The smallest absolute Gasteiger partial charge is 0.237 e. The standard InChI is InChI=1S/C12H22N2O2/c1-8(9-3-4-9)6-14-12(15)11-5-10(16-2)7-13-11/h8-11,13H,3-7H2,1-2H3,(H,14,15). The van der Waals surface area contributed by atoms with Crippen LogP contribution in [0.15, 0.2) is 0 Å². The van der Waals surface area contributed by atoms with E-state index in [0.717, 1.165) is 25.4 Å². The van der Waals surface area contributed by atoms with Crippen molar-refractivity contribution in [2.45, 2.75) is 38.3 Å². The van der Waals surface area contributed by atoms with Gasteiger partial charge in [0, 0.05) is 20.2 Å². The Balaban J connectivity index is 1.67. The Bertz CT molecular complexity index is 253.